The van der Waals surface area contributed by atoms with Crippen LogP contribution in [0.25, 0.3) is 0 Å². The first-order valence-corrected chi connectivity index (χ1v) is 7.46. The summed E-state index contributed by atoms with van der Waals surface area (Å²) < 4.78 is 5.68. The Hall–Kier alpha value is -1.55. The molecule has 0 aliphatic rings. The molecule has 2 aromatic rings. The summed E-state index contributed by atoms with van der Waals surface area (Å²) in [4.78, 5) is 0. The van der Waals surface area contributed by atoms with E-state index in [2.05, 4.69) is 11.5 Å². The first-order valence-electron chi connectivity index (χ1n) is 7.08. The molecular formula is C17H21ClN2O. The van der Waals surface area contributed by atoms with Gasteiger partial charge in [0.2, 0.25) is 0 Å². The zero-order valence-corrected chi connectivity index (χ0v) is 13.2. The first-order chi connectivity index (χ1) is 10.2. The van der Waals surface area contributed by atoms with E-state index in [0.717, 1.165) is 27.5 Å². The number of hydrogen-bond donors (Lipinski definition) is 2. The van der Waals surface area contributed by atoms with Gasteiger partial charge in [0.25, 0.3) is 0 Å². The van der Waals surface area contributed by atoms with Crippen LogP contribution in [0.4, 0.5) is 0 Å². The molecule has 1 unspecified atom stereocenters. The summed E-state index contributed by atoms with van der Waals surface area (Å²) in [5.41, 5.74) is 6.12. The maximum atomic E-state index is 6.32. The molecule has 0 saturated carbocycles. The van der Waals surface area contributed by atoms with Crippen LogP contribution in [0.15, 0.2) is 42.5 Å². The molecule has 0 heterocycles. The van der Waals surface area contributed by atoms with Crippen LogP contribution >= 0.6 is 11.6 Å². The smallest absolute Gasteiger partial charge is 0.124 e. The highest BCUT2D eigenvalue weighted by Gasteiger charge is 2.16. The van der Waals surface area contributed by atoms with E-state index in [-0.39, 0.29) is 6.04 Å². The van der Waals surface area contributed by atoms with E-state index in [0.29, 0.717) is 13.0 Å². The van der Waals surface area contributed by atoms with Crippen LogP contribution in [0.2, 0.25) is 5.02 Å². The standard InChI is InChI=1S/C17H21ClN2O/c1-3-21-17-7-5-4-6-14(17)16(20-19)11-13-9-8-12(2)10-15(13)18/h4-10,16,20H,3,11,19H2,1-2H3. The zero-order chi connectivity index (χ0) is 15.2. The minimum Gasteiger partial charge on any atom is -0.494 e. The molecule has 2 rings (SSSR count). The molecule has 0 aliphatic carbocycles. The highest BCUT2D eigenvalue weighted by atomic mass is 35.5. The summed E-state index contributed by atoms with van der Waals surface area (Å²) in [6.07, 6.45) is 0.708. The minimum atomic E-state index is -0.0482. The van der Waals surface area contributed by atoms with Crippen molar-refractivity contribution in [2.75, 3.05) is 6.61 Å². The molecule has 21 heavy (non-hydrogen) atoms. The summed E-state index contributed by atoms with van der Waals surface area (Å²) >= 11 is 6.32. The molecule has 0 spiro atoms. The molecule has 0 radical (unpaired) electrons. The Morgan fingerprint density at radius 2 is 2.00 bits per heavy atom. The van der Waals surface area contributed by atoms with Crippen LogP contribution in [0.1, 0.15) is 29.7 Å². The lowest BCUT2D eigenvalue weighted by Crippen LogP contribution is -2.30. The van der Waals surface area contributed by atoms with E-state index < -0.39 is 0 Å². The van der Waals surface area contributed by atoms with Gasteiger partial charge in [-0.2, -0.15) is 0 Å². The molecule has 0 fully saturated rings. The lowest BCUT2D eigenvalue weighted by atomic mass is 9.98. The van der Waals surface area contributed by atoms with Crippen molar-refractivity contribution < 1.29 is 4.74 Å². The fourth-order valence-electron chi connectivity index (χ4n) is 2.35. The normalized spacial score (nSPS) is 12.2. The fraction of sp³-hybridized carbons (Fsp3) is 0.294. The summed E-state index contributed by atoms with van der Waals surface area (Å²) in [6, 6.07) is 14.0. The van der Waals surface area contributed by atoms with Gasteiger partial charge in [-0.15, -0.1) is 0 Å². The topological polar surface area (TPSA) is 47.3 Å². The Morgan fingerprint density at radius 3 is 2.67 bits per heavy atom. The fourth-order valence-corrected chi connectivity index (χ4v) is 2.66. The van der Waals surface area contributed by atoms with E-state index in [4.69, 9.17) is 22.2 Å². The van der Waals surface area contributed by atoms with Crippen molar-refractivity contribution in [3.63, 3.8) is 0 Å². The number of aryl methyl sites for hydroxylation is 1. The predicted molar refractivity (Wildman–Crippen MR) is 87.6 cm³/mol. The minimum absolute atomic E-state index is 0.0482. The molecular weight excluding hydrogens is 284 g/mol. The van der Waals surface area contributed by atoms with Crippen LogP contribution < -0.4 is 16.0 Å². The van der Waals surface area contributed by atoms with E-state index in [1.54, 1.807) is 0 Å². The van der Waals surface area contributed by atoms with Crippen LogP contribution in [-0.2, 0) is 6.42 Å². The molecule has 3 N–H and O–H groups in total. The Morgan fingerprint density at radius 1 is 1.24 bits per heavy atom. The lowest BCUT2D eigenvalue weighted by Gasteiger charge is -2.20. The number of ether oxygens (including phenoxy) is 1. The van der Waals surface area contributed by atoms with Crippen LogP contribution in [-0.4, -0.2) is 6.61 Å². The largest absolute Gasteiger partial charge is 0.494 e. The van der Waals surface area contributed by atoms with E-state index in [1.165, 1.54) is 0 Å². The van der Waals surface area contributed by atoms with Gasteiger partial charge in [0.05, 0.1) is 12.6 Å². The summed E-state index contributed by atoms with van der Waals surface area (Å²) in [6.45, 7) is 4.62. The second-order valence-electron chi connectivity index (χ2n) is 4.99. The van der Waals surface area contributed by atoms with E-state index in [1.807, 2.05) is 50.2 Å². The number of hydrogen-bond acceptors (Lipinski definition) is 3. The van der Waals surface area contributed by atoms with Gasteiger partial charge in [0.1, 0.15) is 5.75 Å². The third kappa shape index (κ3) is 3.97. The average Bonchev–Trinajstić information content (AvgIpc) is 2.48. The number of para-hydroxylation sites is 1. The Kier molecular flexibility index (Phi) is 5.62. The molecule has 0 amide bonds. The van der Waals surface area contributed by atoms with Gasteiger partial charge in [0.15, 0.2) is 0 Å². The van der Waals surface area contributed by atoms with E-state index >= 15 is 0 Å². The second kappa shape index (κ2) is 7.46. The second-order valence-corrected chi connectivity index (χ2v) is 5.40. The van der Waals surface area contributed by atoms with Gasteiger partial charge in [-0.1, -0.05) is 41.9 Å². The molecule has 1 atom stereocenters. The number of benzene rings is 2. The third-order valence-corrected chi connectivity index (χ3v) is 3.78. The Bertz CT molecular complexity index is 601. The molecule has 0 aliphatic heterocycles. The number of rotatable bonds is 6. The van der Waals surface area contributed by atoms with Gasteiger partial charge in [-0.3, -0.25) is 11.3 Å². The number of nitrogens with one attached hydrogen (secondary N) is 1. The van der Waals surface area contributed by atoms with Crippen molar-refractivity contribution in [3.8, 4) is 5.75 Å². The molecule has 2 aromatic carbocycles. The predicted octanol–water partition coefficient (Wildman–Crippen LogP) is 3.79. The highest BCUT2D eigenvalue weighted by Crippen LogP contribution is 2.29. The number of hydrazine groups is 1. The van der Waals surface area contributed by atoms with Crippen molar-refractivity contribution in [1.29, 1.82) is 0 Å². The molecule has 0 bridgehead atoms. The first kappa shape index (κ1) is 15.8. The zero-order valence-electron chi connectivity index (χ0n) is 12.4. The monoisotopic (exact) mass is 304 g/mol. The molecule has 0 aromatic heterocycles. The van der Waals surface area contributed by atoms with Crippen LogP contribution in [0, 0.1) is 6.92 Å². The quantitative estimate of drug-likeness (QED) is 0.630. The molecule has 4 heteroatoms. The molecule has 3 nitrogen and oxygen atoms in total. The summed E-state index contributed by atoms with van der Waals surface area (Å²) in [5.74, 6) is 6.60. The van der Waals surface area contributed by atoms with Gasteiger partial charge in [-0.05, 0) is 43.5 Å². The SMILES string of the molecule is CCOc1ccccc1C(Cc1ccc(C)cc1Cl)NN. The summed E-state index contributed by atoms with van der Waals surface area (Å²) in [5, 5.41) is 0.768. The van der Waals surface area contributed by atoms with Crippen molar-refractivity contribution in [1.82, 2.24) is 5.43 Å². The van der Waals surface area contributed by atoms with E-state index in [9.17, 15) is 0 Å². The van der Waals surface area contributed by atoms with Gasteiger partial charge in [-0.25, -0.2) is 0 Å². The molecule has 112 valence electrons. The lowest BCUT2D eigenvalue weighted by molar-refractivity contribution is 0.331. The van der Waals surface area contributed by atoms with Crippen molar-refractivity contribution in [3.05, 3.63) is 64.2 Å². The van der Waals surface area contributed by atoms with Gasteiger partial charge in [0, 0.05) is 10.6 Å². The van der Waals surface area contributed by atoms with Crippen molar-refractivity contribution >= 4 is 11.6 Å². The van der Waals surface area contributed by atoms with Crippen molar-refractivity contribution in [2.24, 2.45) is 5.84 Å². The van der Waals surface area contributed by atoms with Crippen molar-refractivity contribution in [2.45, 2.75) is 26.3 Å². The molecule has 0 saturated heterocycles. The van der Waals surface area contributed by atoms with Crippen LogP contribution in [0.5, 0.6) is 5.75 Å². The maximum absolute atomic E-state index is 6.32. The third-order valence-electron chi connectivity index (χ3n) is 3.43. The van der Waals surface area contributed by atoms with Crippen LogP contribution in [0.3, 0.4) is 0 Å². The maximum Gasteiger partial charge on any atom is 0.124 e. The number of nitrogens with two attached hydrogens (primary N) is 1. The van der Waals surface area contributed by atoms with Gasteiger partial charge < -0.3 is 4.74 Å². The Balaban J connectivity index is 2.27. The highest BCUT2D eigenvalue weighted by molar-refractivity contribution is 6.31. The Labute approximate surface area is 131 Å². The summed E-state index contributed by atoms with van der Waals surface area (Å²) in [7, 11) is 0. The van der Waals surface area contributed by atoms with Gasteiger partial charge >= 0.3 is 0 Å². The number of halogens is 1. The average molecular weight is 305 g/mol.